The van der Waals surface area contributed by atoms with Crippen LogP contribution in [0.1, 0.15) is 30.2 Å². The molecule has 5 nitrogen and oxygen atoms in total. The van der Waals surface area contributed by atoms with Crippen molar-refractivity contribution in [3.63, 3.8) is 0 Å². The zero-order valence-corrected chi connectivity index (χ0v) is 12.5. The molecule has 0 amide bonds. The largest absolute Gasteiger partial charge is 0.408 e. The van der Waals surface area contributed by atoms with E-state index >= 15 is 0 Å². The number of nitrogens with one attached hydrogen (secondary N) is 1. The van der Waals surface area contributed by atoms with E-state index in [2.05, 4.69) is 52.4 Å². The highest BCUT2D eigenvalue weighted by Gasteiger charge is 2.29. The molecule has 7 heteroatoms. The molecular weight excluding hydrogens is 364 g/mol. The Labute approximate surface area is 121 Å². The van der Waals surface area contributed by atoms with E-state index in [9.17, 15) is 0 Å². The minimum Gasteiger partial charge on any atom is -0.408 e. The van der Waals surface area contributed by atoms with Crippen LogP contribution in [-0.4, -0.2) is 15.2 Å². The molecule has 0 atom stereocenters. The third-order valence-electron chi connectivity index (χ3n) is 2.74. The normalized spacial score (nSPS) is 14.8. The molecule has 3 rings (SSSR count). The first-order chi connectivity index (χ1) is 8.74. The average Bonchev–Trinajstić information content (AvgIpc) is 3.09. The van der Waals surface area contributed by atoms with E-state index in [-0.39, 0.29) is 0 Å². The van der Waals surface area contributed by atoms with Gasteiger partial charge in [-0.3, -0.25) is 4.98 Å². The van der Waals surface area contributed by atoms with Crippen molar-refractivity contribution in [2.75, 3.05) is 5.32 Å². The SMILES string of the molecule is Brc1cncc(Br)c1CNc1nnc(C2CC2)o1. The van der Waals surface area contributed by atoms with Gasteiger partial charge in [0.2, 0.25) is 5.89 Å². The van der Waals surface area contributed by atoms with Crippen LogP contribution in [0.2, 0.25) is 0 Å². The molecule has 1 saturated carbocycles. The summed E-state index contributed by atoms with van der Waals surface area (Å²) in [6, 6.07) is 0.465. The number of anilines is 1. The lowest BCUT2D eigenvalue weighted by molar-refractivity contribution is 0.507. The van der Waals surface area contributed by atoms with E-state index in [1.165, 1.54) is 0 Å². The summed E-state index contributed by atoms with van der Waals surface area (Å²) in [6.45, 7) is 0.593. The Hall–Kier alpha value is -0.950. The van der Waals surface area contributed by atoms with Crippen LogP contribution < -0.4 is 5.32 Å². The molecule has 0 aromatic carbocycles. The molecule has 0 radical (unpaired) electrons. The molecule has 0 unspecified atom stereocenters. The maximum Gasteiger partial charge on any atom is 0.315 e. The zero-order valence-electron chi connectivity index (χ0n) is 9.36. The van der Waals surface area contributed by atoms with Crippen LogP contribution in [0.15, 0.2) is 25.8 Å². The smallest absolute Gasteiger partial charge is 0.315 e. The van der Waals surface area contributed by atoms with E-state index in [0.717, 1.165) is 33.2 Å². The Morgan fingerprint density at radius 3 is 2.61 bits per heavy atom. The highest BCUT2D eigenvalue weighted by Crippen LogP contribution is 2.39. The maximum absolute atomic E-state index is 5.53. The molecule has 1 N–H and O–H groups in total. The van der Waals surface area contributed by atoms with Gasteiger partial charge in [-0.1, -0.05) is 5.10 Å². The van der Waals surface area contributed by atoms with Gasteiger partial charge in [-0.05, 0) is 44.7 Å². The number of pyridine rings is 1. The van der Waals surface area contributed by atoms with Crippen molar-refractivity contribution in [3.05, 3.63) is 32.8 Å². The minimum absolute atomic E-state index is 0.465. The molecule has 0 bridgehead atoms. The fraction of sp³-hybridized carbons (Fsp3) is 0.364. The van der Waals surface area contributed by atoms with Crippen LogP contribution in [0, 0.1) is 0 Å². The zero-order chi connectivity index (χ0) is 12.5. The highest BCUT2D eigenvalue weighted by atomic mass is 79.9. The first-order valence-corrected chi connectivity index (χ1v) is 7.18. The third kappa shape index (κ3) is 2.56. The summed E-state index contributed by atoms with van der Waals surface area (Å²) in [4.78, 5) is 4.06. The Morgan fingerprint density at radius 2 is 1.94 bits per heavy atom. The van der Waals surface area contributed by atoms with Crippen LogP contribution in [0.25, 0.3) is 0 Å². The molecule has 2 heterocycles. The van der Waals surface area contributed by atoms with Gasteiger partial charge in [0.1, 0.15) is 0 Å². The standard InChI is InChI=1S/C11H10Br2N4O/c12-8-4-14-5-9(13)7(8)3-15-11-17-16-10(18-11)6-1-2-6/h4-6H,1-3H2,(H,15,17). The highest BCUT2D eigenvalue weighted by molar-refractivity contribution is 9.11. The number of halogens is 2. The second kappa shape index (κ2) is 4.97. The lowest BCUT2D eigenvalue weighted by Gasteiger charge is -2.06. The molecule has 94 valence electrons. The topological polar surface area (TPSA) is 63.8 Å². The van der Waals surface area contributed by atoms with Crippen molar-refractivity contribution in [1.29, 1.82) is 0 Å². The molecule has 0 aliphatic heterocycles. The predicted octanol–water partition coefficient (Wildman–Crippen LogP) is 3.48. The van der Waals surface area contributed by atoms with Gasteiger partial charge >= 0.3 is 6.01 Å². The second-order valence-corrected chi connectivity index (χ2v) is 5.86. The van der Waals surface area contributed by atoms with Crippen LogP contribution in [0.5, 0.6) is 0 Å². The summed E-state index contributed by atoms with van der Waals surface area (Å²) in [5, 5.41) is 11.1. The monoisotopic (exact) mass is 372 g/mol. The molecule has 0 spiro atoms. The van der Waals surface area contributed by atoms with E-state index in [0.29, 0.717) is 18.5 Å². The van der Waals surface area contributed by atoms with E-state index < -0.39 is 0 Å². The fourth-order valence-electron chi connectivity index (χ4n) is 1.57. The number of hydrogen-bond acceptors (Lipinski definition) is 5. The Kier molecular flexibility index (Phi) is 3.34. The molecule has 2 aromatic heterocycles. The van der Waals surface area contributed by atoms with E-state index in [1.807, 2.05) is 0 Å². The summed E-state index contributed by atoms with van der Waals surface area (Å²) in [6.07, 6.45) is 5.82. The van der Waals surface area contributed by atoms with Gasteiger partial charge in [0, 0.05) is 39.4 Å². The summed E-state index contributed by atoms with van der Waals surface area (Å²) >= 11 is 6.92. The van der Waals surface area contributed by atoms with Crippen molar-refractivity contribution in [2.45, 2.75) is 25.3 Å². The first-order valence-electron chi connectivity index (χ1n) is 5.59. The van der Waals surface area contributed by atoms with Gasteiger partial charge in [-0.25, -0.2) is 0 Å². The quantitative estimate of drug-likeness (QED) is 0.888. The second-order valence-electron chi connectivity index (χ2n) is 4.15. The Morgan fingerprint density at radius 1 is 1.22 bits per heavy atom. The van der Waals surface area contributed by atoms with Gasteiger partial charge in [-0.2, -0.15) is 0 Å². The maximum atomic E-state index is 5.53. The average molecular weight is 374 g/mol. The number of nitrogens with zero attached hydrogens (tertiary/aromatic N) is 3. The summed E-state index contributed by atoms with van der Waals surface area (Å²) < 4.78 is 7.40. The van der Waals surface area contributed by atoms with Crippen molar-refractivity contribution >= 4 is 37.9 Å². The number of rotatable bonds is 4. The van der Waals surface area contributed by atoms with Crippen LogP contribution >= 0.6 is 31.9 Å². The molecular formula is C11H10Br2N4O. The van der Waals surface area contributed by atoms with Crippen LogP contribution in [0.3, 0.4) is 0 Å². The molecule has 1 aliphatic carbocycles. The molecule has 18 heavy (non-hydrogen) atoms. The number of hydrogen-bond donors (Lipinski definition) is 1. The van der Waals surface area contributed by atoms with Gasteiger partial charge in [0.05, 0.1) is 0 Å². The predicted molar refractivity (Wildman–Crippen MR) is 73.2 cm³/mol. The fourth-order valence-corrected chi connectivity index (χ4v) is 2.78. The van der Waals surface area contributed by atoms with Gasteiger partial charge in [0.15, 0.2) is 0 Å². The third-order valence-corrected chi connectivity index (χ3v) is 4.10. The van der Waals surface area contributed by atoms with Gasteiger partial charge in [0.25, 0.3) is 0 Å². The molecule has 0 saturated heterocycles. The van der Waals surface area contributed by atoms with Crippen molar-refractivity contribution in [1.82, 2.24) is 15.2 Å². The first kappa shape index (κ1) is 12.1. The lowest BCUT2D eigenvalue weighted by Crippen LogP contribution is -2.01. The van der Waals surface area contributed by atoms with Crippen molar-refractivity contribution < 1.29 is 4.42 Å². The molecule has 1 fully saturated rings. The van der Waals surface area contributed by atoms with Gasteiger partial charge in [-0.15, -0.1) is 5.10 Å². The summed E-state index contributed by atoms with van der Waals surface area (Å²) in [7, 11) is 0. The van der Waals surface area contributed by atoms with Crippen molar-refractivity contribution in [3.8, 4) is 0 Å². The van der Waals surface area contributed by atoms with Crippen molar-refractivity contribution in [2.24, 2.45) is 0 Å². The Bertz CT molecular complexity index is 548. The van der Waals surface area contributed by atoms with E-state index in [1.54, 1.807) is 12.4 Å². The lowest BCUT2D eigenvalue weighted by atomic mass is 10.3. The molecule has 1 aliphatic rings. The minimum atomic E-state index is 0.465. The van der Waals surface area contributed by atoms with E-state index in [4.69, 9.17) is 4.42 Å². The number of aromatic nitrogens is 3. The van der Waals surface area contributed by atoms with Gasteiger partial charge < -0.3 is 9.73 Å². The van der Waals surface area contributed by atoms with Crippen LogP contribution in [-0.2, 0) is 6.54 Å². The summed E-state index contributed by atoms with van der Waals surface area (Å²) in [5.74, 6) is 1.22. The Balaban J connectivity index is 1.69. The molecule has 2 aromatic rings. The summed E-state index contributed by atoms with van der Waals surface area (Å²) in [5.41, 5.74) is 1.07. The van der Waals surface area contributed by atoms with Crippen LogP contribution in [0.4, 0.5) is 6.01 Å².